The summed E-state index contributed by atoms with van der Waals surface area (Å²) < 4.78 is 26.7. The number of halogens is 2. The largest absolute Gasteiger partial charge is 0.387 e. The van der Waals surface area contributed by atoms with Crippen LogP contribution in [0.5, 0.6) is 0 Å². The molecule has 0 amide bonds. The number of nitrogens with zero attached hydrogens (tertiary/aromatic N) is 2. The zero-order chi connectivity index (χ0) is 12.3. The van der Waals surface area contributed by atoms with E-state index in [1.165, 1.54) is 29.2 Å². The number of aromatic nitrogens is 2. The van der Waals surface area contributed by atoms with Crippen LogP contribution in [0, 0.1) is 11.6 Å². The number of benzene rings is 1. The van der Waals surface area contributed by atoms with Gasteiger partial charge in [0, 0.05) is 17.4 Å². The number of rotatable bonds is 4. The van der Waals surface area contributed by atoms with Gasteiger partial charge in [-0.3, -0.25) is 0 Å². The lowest BCUT2D eigenvalue weighted by Gasteiger charge is -2.10. The molecule has 0 spiro atoms. The topological polar surface area (TPSA) is 46.0 Å². The Morgan fingerprint density at radius 1 is 1.41 bits per heavy atom. The van der Waals surface area contributed by atoms with Gasteiger partial charge < -0.3 is 5.11 Å². The molecule has 3 nitrogen and oxygen atoms in total. The summed E-state index contributed by atoms with van der Waals surface area (Å²) in [6.07, 6.45) is -0.996. The van der Waals surface area contributed by atoms with E-state index in [-0.39, 0.29) is 11.3 Å². The van der Waals surface area contributed by atoms with Gasteiger partial charge in [-0.25, -0.2) is 8.78 Å². The third kappa shape index (κ3) is 3.21. The summed E-state index contributed by atoms with van der Waals surface area (Å²) >= 11 is 2.62. The van der Waals surface area contributed by atoms with Gasteiger partial charge in [0.05, 0.1) is 6.10 Å². The molecule has 0 fully saturated rings. The van der Waals surface area contributed by atoms with Crippen LogP contribution in [0.1, 0.15) is 11.7 Å². The summed E-state index contributed by atoms with van der Waals surface area (Å²) in [5.41, 5.74) is 1.66. The van der Waals surface area contributed by atoms with Crippen molar-refractivity contribution in [2.24, 2.45) is 0 Å². The first-order valence-corrected chi connectivity index (χ1v) is 6.55. The summed E-state index contributed by atoms with van der Waals surface area (Å²) in [5, 5.41) is 17.2. The maximum Gasteiger partial charge on any atom is 0.174 e. The van der Waals surface area contributed by atoms with Gasteiger partial charge in [0.2, 0.25) is 0 Å². The molecule has 0 saturated heterocycles. The van der Waals surface area contributed by atoms with Crippen molar-refractivity contribution in [1.82, 2.24) is 10.2 Å². The standard InChI is InChI=1S/C10H8F2N2OS2/c11-6-1-2-7(8(12)3-6)9(15)4-16-10-14-13-5-17-10/h1-3,5,9,15H,4H2. The smallest absolute Gasteiger partial charge is 0.174 e. The minimum Gasteiger partial charge on any atom is -0.387 e. The summed E-state index contributed by atoms with van der Waals surface area (Å²) in [6.45, 7) is 0. The van der Waals surface area contributed by atoms with Gasteiger partial charge in [-0.2, -0.15) is 0 Å². The molecule has 2 aromatic rings. The van der Waals surface area contributed by atoms with Crippen molar-refractivity contribution in [3.05, 3.63) is 40.9 Å². The highest BCUT2D eigenvalue weighted by molar-refractivity contribution is 8.01. The van der Waals surface area contributed by atoms with E-state index in [1.54, 1.807) is 5.51 Å². The van der Waals surface area contributed by atoms with Crippen LogP contribution >= 0.6 is 23.1 Å². The molecule has 0 aliphatic heterocycles. The maximum atomic E-state index is 13.3. The molecule has 7 heteroatoms. The second-order valence-corrected chi connectivity index (χ2v) is 5.30. The van der Waals surface area contributed by atoms with Crippen LogP contribution in [0.15, 0.2) is 28.0 Å². The molecule has 1 aromatic carbocycles. The third-order valence-electron chi connectivity index (χ3n) is 2.03. The van der Waals surface area contributed by atoms with Crippen molar-refractivity contribution in [2.75, 3.05) is 5.75 Å². The van der Waals surface area contributed by atoms with Crippen molar-refractivity contribution in [3.8, 4) is 0 Å². The molecule has 0 radical (unpaired) electrons. The molecule has 1 heterocycles. The molecule has 90 valence electrons. The molecule has 1 atom stereocenters. The fourth-order valence-corrected chi connectivity index (χ4v) is 2.71. The first-order valence-electron chi connectivity index (χ1n) is 4.69. The molecule has 17 heavy (non-hydrogen) atoms. The molecule has 0 bridgehead atoms. The Kier molecular flexibility index (Phi) is 4.03. The Bertz CT molecular complexity index is 493. The zero-order valence-corrected chi connectivity index (χ0v) is 10.1. The second-order valence-electron chi connectivity index (χ2n) is 3.20. The molecule has 1 N–H and O–H groups in total. The van der Waals surface area contributed by atoms with Crippen molar-refractivity contribution in [3.63, 3.8) is 0 Å². The molecule has 2 rings (SSSR count). The minimum atomic E-state index is -0.996. The average Bonchev–Trinajstić information content (AvgIpc) is 2.78. The quantitative estimate of drug-likeness (QED) is 0.871. The Balaban J connectivity index is 2.01. The van der Waals surface area contributed by atoms with Gasteiger partial charge >= 0.3 is 0 Å². The van der Waals surface area contributed by atoms with Crippen molar-refractivity contribution in [2.45, 2.75) is 10.4 Å². The third-order valence-corrected chi connectivity index (χ3v) is 3.96. The molecule has 0 saturated carbocycles. The van der Waals surface area contributed by atoms with Gasteiger partial charge in [0.15, 0.2) is 4.34 Å². The van der Waals surface area contributed by atoms with E-state index < -0.39 is 17.7 Å². The highest BCUT2D eigenvalue weighted by Gasteiger charge is 2.14. The minimum absolute atomic E-state index is 0.0865. The first kappa shape index (κ1) is 12.4. The number of aliphatic hydroxyl groups excluding tert-OH is 1. The van der Waals surface area contributed by atoms with Crippen molar-refractivity contribution >= 4 is 23.1 Å². The summed E-state index contributed by atoms with van der Waals surface area (Å²) in [5.74, 6) is -1.15. The van der Waals surface area contributed by atoms with Crippen molar-refractivity contribution < 1.29 is 13.9 Å². The number of aliphatic hydroxyl groups is 1. The predicted molar refractivity (Wildman–Crippen MR) is 62.0 cm³/mol. The van der Waals surface area contributed by atoms with E-state index >= 15 is 0 Å². The normalized spacial score (nSPS) is 12.6. The summed E-state index contributed by atoms with van der Waals surface area (Å²) in [6, 6.07) is 3.13. The van der Waals surface area contributed by atoms with Crippen LogP contribution in [-0.2, 0) is 0 Å². The van der Waals surface area contributed by atoms with Gasteiger partial charge in [-0.15, -0.1) is 10.2 Å². The van der Waals surface area contributed by atoms with Crippen LogP contribution in [0.3, 0.4) is 0 Å². The van der Waals surface area contributed by atoms with Crippen molar-refractivity contribution in [1.29, 1.82) is 0 Å². The average molecular weight is 274 g/mol. The van der Waals surface area contributed by atoms with Gasteiger partial charge in [0.1, 0.15) is 17.1 Å². The predicted octanol–water partition coefficient (Wildman–Crippen LogP) is 2.64. The van der Waals surface area contributed by atoms with Crippen LogP contribution in [0.2, 0.25) is 0 Å². The first-order chi connectivity index (χ1) is 8.16. The number of thioether (sulfide) groups is 1. The molecule has 1 aromatic heterocycles. The van der Waals surface area contributed by atoms with Gasteiger partial charge in [0.25, 0.3) is 0 Å². The van der Waals surface area contributed by atoms with Gasteiger partial charge in [-0.05, 0) is 6.07 Å². The van der Waals surface area contributed by atoms with E-state index in [1.807, 2.05) is 0 Å². The number of hydrogen-bond acceptors (Lipinski definition) is 5. The SMILES string of the molecule is OC(CSc1nncs1)c1ccc(F)cc1F. The molecular weight excluding hydrogens is 266 g/mol. The van der Waals surface area contributed by atoms with E-state index in [2.05, 4.69) is 10.2 Å². The van der Waals surface area contributed by atoms with Gasteiger partial charge in [-0.1, -0.05) is 29.2 Å². The van der Waals surface area contributed by atoms with Crippen LogP contribution in [0.4, 0.5) is 8.78 Å². The highest BCUT2D eigenvalue weighted by Crippen LogP contribution is 2.26. The maximum absolute atomic E-state index is 13.3. The van der Waals surface area contributed by atoms with E-state index in [9.17, 15) is 13.9 Å². The zero-order valence-electron chi connectivity index (χ0n) is 8.51. The summed E-state index contributed by atoms with van der Waals surface area (Å²) in [7, 11) is 0. The lowest BCUT2D eigenvalue weighted by molar-refractivity contribution is 0.198. The molecular formula is C10H8F2N2OS2. The van der Waals surface area contributed by atoms with E-state index in [0.29, 0.717) is 4.34 Å². The summed E-state index contributed by atoms with van der Waals surface area (Å²) in [4.78, 5) is 0. The van der Waals surface area contributed by atoms with Crippen LogP contribution in [-0.4, -0.2) is 21.1 Å². The lowest BCUT2D eigenvalue weighted by atomic mass is 10.1. The fraction of sp³-hybridized carbons (Fsp3) is 0.200. The Labute approximate surface area is 105 Å². The molecule has 0 aliphatic carbocycles. The van der Waals surface area contributed by atoms with E-state index in [0.717, 1.165) is 12.1 Å². The fourth-order valence-electron chi connectivity index (χ4n) is 1.24. The Morgan fingerprint density at radius 2 is 2.24 bits per heavy atom. The van der Waals surface area contributed by atoms with Crippen LogP contribution < -0.4 is 0 Å². The molecule has 0 aliphatic rings. The molecule has 1 unspecified atom stereocenters. The Hall–Kier alpha value is -1.05. The number of hydrogen-bond donors (Lipinski definition) is 1. The highest BCUT2D eigenvalue weighted by atomic mass is 32.2. The second kappa shape index (κ2) is 5.52. The van der Waals surface area contributed by atoms with E-state index in [4.69, 9.17) is 0 Å². The Morgan fingerprint density at radius 3 is 2.88 bits per heavy atom. The van der Waals surface area contributed by atoms with Crippen LogP contribution in [0.25, 0.3) is 0 Å². The monoisotopic (exact) mass is 274 g/mol. The lowest BCUT2D eigenvalue weighted by Crippen LogP contribution is -2.03.